The van der Waals surface area contributed by atoms with E-state index >= 15 is 0 Å². The van der Waals surface area contributed by atoms with Crippen LogP contribution in [0.1, 0.15) is 42.1 Å². The fourth-order valence-electron chi connectivity index (χ4n) is 2.94. The van der Waals surface area contributed by atoms with Crippen molar-refractivity contribution in [2.75, 3.05) is 22.8 Å². The number of hydrogen-bond acceptors (Lipinski definition) is 5. The van der Waals surface area contributed by atoms with Crippen molar-refractivity contribution in [3.05, 3.63) is 59.3 Å². The zero-order valence-electron chi connectivity index (χ0n) is 18.6. The fourth-order valence-corrected chi connectivity index (χ4v) is 3.57. The summed E-state index contributed by atoms with van der Waals surface area (Å²) in [5.41, 5.74) is 0.898. The van der Waals surface area contributed by atoms with Gasteiger partial charge in [0.1, 0.15) is 11.5 Å². The Balaban J connectivity index is 2.15. The molecule has 0 atom stereocenters. The Hall–Kier alpha value is -3.08. The van der Waals surface area contributed by atoms with Gasteiger partial charge in [-0.3, -0.25) is 9.52 Å². The molecule has 0 fully saturated rings. The van der Waals surface area contributed by atoms with Crippen LogP contribution in [0.5, 0.6) is 0 Å². The van der Waals surface area contributed by atoms with Crippen molar-refractivity contribution in [2.45, 2.75) is 39.4 Å². The average Bonchev–Trinajstić information content (AvgIpc) is 2.72. The van der Waals surface area contributed by atoms with Crippen LogP contribution in [0.3, 0.4) is 0 Å². The summed E-state index contributed by atoms with van der Waals surface area (Å²) in [6, 6.07) is 6.95. The van der Waals surface area contributed by atoms with Gasteiger partial charge in [0.05, 0.1) is 11.9 Å². The molecule has 2 rings (SSSR count). The molecule has 33 heavy (non-hydrogen) atoms. The molecule has 0 aliphatic carbocycles. The van der Waals surface area contributed by atoms with E-state index in [0.717, 1.165) is 25.2 Å². The van der Waals surface area contributed by atoms with Crippen molar-refractivity contribution in [2.24, 2.45) is 0 Å². The number of anilines is 2. The summed E-state index contributed by atoms with van der Waals surface area (Å²) in [7, 11) is -3.42. The summed E-state index contributed by atoms with van der Waals surface area (Å²) in [4.78, 5) is 16.3. The molecule has 7 nitrogen and oxygen atoms in total. The Kier molecular flexibility index (Phi) is 8.48. The normalized spacial score (nSPS) is 11.7. The van der Waals surface area contributed by atoms with Crippen molar-refractivity contribution in [1.82, 2.24) is 10.3 Å². The topological polar surface area (TPSA) is 100 Å². The molecule has 1 amide bonds. The van der Waals surface area contributed by atoms with E-state index in [4.69, 9.17) is 0 Å². The Bertz CT molecular complexity index is 1130. The first-order valence-corrected chi connectivity index (χ1v) is 12.1. The average molecular weight is 485 g/mol. The molecule has 0 saturated carbocycles. The maximum atomic E-state index is 13.1. The minimum Gasteiger partial charge on any atom is -0.370 e. The van der Waals surface area contributed by atoms with Crippen molar-refractivity contribution in [1.29, 1.82) is 0 Å². The molecule has 0 aliphatic heterocycles. The number of aryl methyl sites for hydroxylation is 1. The smallest absolute Gasteiger partial charge is 0.370 e. The number of hydrogen-bond donors (Lipinski definition) is 3. The maximum Gasteiger partial charge on any atom is 0.433 e. The summed E-state index contributed by atoms with van der Waals surface area (Å²) in [5.74, 6) is -0.614. The van der Waals surface area contributed by atoms with Gasteiger partial charge in [0, 0.05) is 24.2 Å². The van der Waals surface area contributed by atoms with E-state index in [2.05, 4.69) is 26.9 Å². The second-order valence-electron chi connectivity index (χ2n) is 7.56. The third-order valence-corrected chi connectivity index (χ3v) is 5.24. The van der Waals surface area contributed by atoms with Crippen LogP contribution in [0.25, 0.3) is 5.57 Å². The maximum absolute atomic E-state index is 13.1. The number of rotatable bonds is 10. The summed E-state index contributed by atoms with van der Waals surface area (Å²) in [5, 5.41) is 5.54. The molecule has 2 aromatic rings. The van der Waals surface area contributed by atoms with Crippen molar-refractivity contribution in [3.63, 3.8) is 0 Å². The van der Waals surface area contributed by atoms with Crippen LogP contribution in [-0.4, -0.2) is 32.1 Å². The zero-order chi connectivity index (χ0) is 24.8. The lowest BCUT2D eigenvalue weighted by Gasteiger charge is -2.16. The second kappa shape index (κ2) is 10.7. The van der Waals surface area contributed by atoms with Crippen LogP contribution in [0.4, 0.5) is 24.7 Å². The Morgan fingerprint density at radius 3 is 2.45 bits per heavy atom. The van der Waals surface area contributed by atoms with Crippen LogP contribution in [-0.2, 0) is 27.5 Å². The first kappa shape index (κ1) is 26.2. The molecule has 0 spiro atoms. The highest BCUT2D eigenvalue weighted by atomic mass is 32.2. The number of benzene rings is 1. The molecular formula is C22H27F3N4O3S. The summed E-state index contributed by atoms with van der Waals surface area (Å²) in [6.07, 6.45) is -2.01. The fraction of sp³-hybridized carbons (Fsp3) is 0.364. The van der Waals surface area contributed by atoms with Gasteiger partial charge in [-0.05, 0) is 42.7 Å². The van der Waals surface area contributed by atoms with Crippen LogP contribution in [0.2, 0.25) is 0 Å². The SMILES string of the molecule is C=C(C(=O)NCc1ccc(NS(C)(=O)=O)c(C)c1)c1ccc(C(F)(F)F)nc1NCCCC. The third kappa shape index (κ3) is 7.77. The van der Waals surface area contributed by atoms with E-state index < -0.39 is 27.8 Å². The minimum atomic E-state index is -4.61. The molecular weight excluding hydrogens is 457 g/mol. The number of carbonyl (C=O) groups excluding carboxylic acids is 1. The Labute approximate surface area is 191 Å². The van der Waals surface area contributed by atoms with Crippen LogP contribution < -0.4 is 15.4 Å². The van der Waals surface area contributed by atoms with Crippen LogP contribution in [0, 0.1) is 6.92 Å². The first-order valence-electron chi connectivity index (χ1n) is 10.2. The standard InChI is InChI=1S/C22H27F3N4O3S/c1-5-6-11-26-20-17(8-10-19(28-20)22(23,24)25)15(3)21(30)27-13-16-7-9-18(14(2)12-16)29-33(4,31)32/h7-10,12,29H,3,5-6,11,13H2,1-2,4H3,(H,26,28)(H,27,30). The van der Waals surface area contributed by atoms with E-state index in [1.807, 2.05) is 6.92 Å². The summed E-state index contributed by atoms with van der Waals surface area (Å²) >= 11 is 0. The number of halogens is 3. The molecule has 0 bridgehead atoms. The first-order chi connectivity index (χ1) is 15.3. The van der Waals surface area contributed by atoms with E-state index in [1.165, 1.54) is 6.07 Å². The van der Waals surface area contributed by atoms with Crippen molar-refractivity contribution < 1.29 is 26.4 Å². The molecule has 1 aromatic heterocycles. The number of sulfonamides is 1. The quantitative estimate of drug-likeness (QED) is 0.345. The molecule has 0 aliphatic rings. The zero-order valence-corrected chi connectivity index (χ0v) is 19.5. The van der Waals surface area contributed by atoms with Gasteiger partial charge in [-0.25, -0.2) is 13.4 Å². The molecule has 0 unspecified atom stereocenters. The highest BCUT2D eigenvalue weighted by Gasteiger charge is 2.33. The van der Waals surface area contributed by atoms with Gasteiger partial charge in [0.15, 0.2) is 0 Å². The van der Waals surface area contributed by atoms with Gasteiger partial charge in [-0.1, -0.05) is 32.1 Å². The van der Waals surface area contributed by atoms with Crippen LogP contribution >= 0.6 is 0 Å². The molecule has 0 radical (unpaired) electrons. The molecule has 3 N–H and O–H groups in total. The van der Waals surface area contributed by atoms with Gasteiger partial charge in [-0.2, -0.15) is 13.2 Å². The highest BCUT2D eigenvalue weighted by molar-refractivity contribution is 7.92. The number of nitrogens with zero attached hydrogens (tertiary/aromatic N) is 1. The van der Waals surface area contributed by atoms with Crippen molar-refractivity contribution in [3.8, 4) is 0 Å². The lowest BCUT2D eigenvalue weighted by molar-refractivity contribution is -0.141. The number of nitrogens with one attached hydrogen (secondary N) is 3. The van der Waals surface area contributed by atoms with Gasteiger partial charge in [0.25, 0.3) is 5.91 Å². The number of unbranched alkanes of at least 4 members (excludes halogenated alkanes) is 1. The minimum absolute atomic E-state index is 0.0256. The van der Waals surface area contributed by atoms with Gasteiger partial charge in [-0.15, -0.1) is 0 Å². The number of amides is 1. The number of alkyl halides is 3. The second-order valence-corrected chi connectivity index (χ2v) is 9.30. The largest absolute Gasteiger partial charge is 0.433 e. The molecule has 0 saturated heterocycles. The Morgan fingerprint density at radius 1 is 1.18 bits per heavy atom. The van der Waals surface area contributed by atoms with Crippen molar-refractivity contribution >= 4 is 33.0 Å². The van der Waals surface area contributed by atoms with E-state index in [9.17, 15) is 26.4 Å². The predicted molar refractivity (Wildman–Crippen MR) is 123 cm³/mol. The van der Waals surface area contributed by atoms with Crippen LogP contribution in [0.15, 0.2) is 36.9 Å². The van der Waals surface area contributed by atoms with E-state index in [-0.39, 0.29) is 23.5 Å². The van der Waals surface area contributed by atoms with Gasteiger partial charge in [0.2, 0.25) is 10.0 Å². The number of pyridine rings is 1. The lowest BCUT2D eigenvalue weighted by Crippen LogP contribution is -2.24. The lowest BCUT2D eigenvalue weighted by atomic mass is 10.1. The van der Waals surface area contributed by atoms with Gasteiger partial charge < -0.3 is 10.6 Å². The summed E-state index contributed by atoms with van der Waals surface area (Å²) in [6.45, 7) is 7.92. The monoisotopic (exact) mass is 484 g/mol. The molecule has 11 heteroatoms. The third-order valence-electron chi connectivity index (χ3n) is 4.65. The predicted octanol–water partition coefficient (Wildman–Crippen LogP) is 4.32. The Morgan fingerprint density at radius 2 is 1.88 bits per heavy atom. The highest BCUT2D eigenvalue weighted by Crippen LogP contribution is 2.31. The summed E-state index contributed by atoms with van der Waals surface area (Å²) < 4.78 is 64.4. The van der Waals surface area contributed by atoms with Gasteiger partial charge >= 0.3 is 6.18 Å². The molecule has 180 valence electrons. The number of carbonyl (C=O) groups is 1. The number of aromatic nitrogens is 1. The van der Waals surface area contributed by atoms with E-state index in [0.29, 0.717) is 23.4 Å². The molecule has 1 heterocycles. The molecule has 1 aromatic carbocycles. The van der Waals surface area contributed by atoms with E-state index in [1.54, 1.807) is 25.1 Å².